The van der Waals surface area contributed by atoms with Crippen LogP contribution in [0, 0.1) is 0 Å². The third-order valence-electron chi connectivity index (χ3n) is 5.38. The molecular weight excluding hydrogens is 414 g/mol. The Labute approximate surface area is 187 Å². The molecule has 1 amide bonds. The van der Waals surface area contributed by atoms with E-state index in [1.165, 1.54) is 16.9 Å². The Kier molecular flexibility index (Phi) is 8.10. The summed E-state index contributed by atoms with van der Waals surface area (Å²) in [6.07, 6.45) is 4.77. The van der Waals surface area contributed by atoms with Crippen molar-refractivity contribution < 1.29 is 24.9 Å². The summed E-state index contributed by atoms with van der Waals surface area (Å²) in [6, 6.07) is 7.84. The Morgan fingerprint density at radius 3 is 2.56 bits per heavy atom. The number of nitrogens with zero attached hydrogens (tertiary/aromatic N) is 5. The standard InChI is InChI=1S/C22H31N5O5/c1-3-10-26(16-32-2)22(30,31)21(29)25-11-8-18(9-12-25)17-4-6-19(7-5-17)20-23-15-27(24-20)13-14-28/h4-8,15,28,30-31H,3,9-14,16H2,1-2H3. The van der Waals surface area contributed by atoms with E-state index in [-0.39, 0.29) is 13.3 Å². The van der Waals surface area contributed by atoms with E-state index in [1.807, 2.05) is 37.3 Å². The highest BCUT2D eigenvalue weighted by Gasteiger charge is 2.43. The fourth-order valence-corrected chi connectivity index (χ4v) is 3.67. The number of rotatable bonds is 10. The van der Waals surface area contributed by atoms with Gasteiger partial charge in [0.05, 0.1) is 13.2 Å². The second-order valence-electron chi connectivity index (χ2n) is 7.68. The van der Waals surface area contributed by atoms with Crippen LogP contribution in [0.25, 0.3) is 17.0 Å². The van der Waals surface area contributed by atoms with Crippen LogP contribution >= 0.6 is 0 Å². The number of hydrogen-bond donors (Lipinski definition) is 3. The molecule has 0 spiro atoms. The van der Waals surface area contributed by atoms with Gasteiger partial charge in [-0.05, 0) is 24.0 Å². The molecule has 0 unspecified atom stereocenters. The SMILES string of the molecule is CCCN(COC)C(O)(O)C(=O)N1CC=C(c2ccc(-c3ncn(CCO)n3)cc2)CC1. The van der Waals surface area contributed by atoms with Crippen molar-refractivity contribution in [2.75, 3.05) is 40.1 Å². The molecule has 32 heavy (non-hydrogen) atoms. The van der Waals surface area contributed by atoms with Gasteiger partial charge in [-0.25, -0.2) is 9.88 Å². The van der Waals surface area contributed by atoms with Gasteiger partial charge in [0.25, 0.3) is 5.91 Å². The zero-order chi connectivity index (χ0) is 23.1. The maximum Gasteiger partial charge on any atom is 0.310 e. The summed E-state index contributed by atoms with van der Waals surface area (Å²) in [4.78, 5) is 19.7. The summed E-state index contributed by atoms with van der Waals surface area (Å²) in [6.45, 7) is 3.24. The van der Waals surface area contributed by atoms with Gasteiger partial charge in [0.2, 0.25) is 0 Å². The summed E-state index contributed by atoms with van der Waals surface area (Å²) < 4.78 is 6.60. The molecule has 0 saturated carbocycles. The minimum Gasteiger partial charge on any atom is -0.394 e. The molecule has 0 saturated heterocycles. The summed E-state index contributed by atoms with van der Waals surface area (Å²) >= 11 is 0. The first kappa shape index (κ1) is 24.0. The molecule has 1 aromatic heterocycles. The number of carbonyl (C=O) groups excluding carboxylic acids is 1. The van der Waals surface area contributed by atoms with E-state index in [1.54, 1.807) is 11.0 Å². The van der Waals surface area contributed by atoms with E-state index in [0.29, 0.717) is 44.8 Å². The lowest BCUT2D eigenvalue weighted by molar-refractivity contribution is -0.271. The zero-order valence-electron chi connectivity index (χ0n) is 18.5. The van der Waals surface area contributed by atoms with Crippen molar-refractivity contribution in [2.45, 2.75) is 32.2 Å². The Morgan fingerprint density at radius 1 is 1.25 bits per heavy atom. The van der Waals surface area contributed by atoms with Crippen LogP contribution in [0.2, 0.25) is 0 Å². The van der Waals surface area contributed by atoms with E-state index in [2.05, 4.69) is 10.1 Å². The quantitative estimate of drug-likeness (QED) is 0.452. The molecule has 2 heterocycles. The smallest absolute Gasteiger partial charge is 0.310 e. The van der Waals surface area contributed by atoms with Crippen LogP contribution < -0.4 is 0 Å². The Hall–Kier alpha value is -2.63. The molecule has 174 valence electrons. The van der Waals surface area contributed by atoms with E-state index in [9.17, 15) is 15.0 Å². The topological polar surface area (TPSA) is 124 Å². The van der Waals surface area contributed by atoms with Gasteiger partial charge < -0.3 is 25.0 Å². The van der Waals surface area contributed by atoms with Crippen molar-refractivity contribution in [1.82, 2.24) is 24.6 Å². The molecule has 0 atom stereocenters. The molecule has 1 aromatic carbocycles. The first-order chi connectivity index (χ1) is 15.4. The van der Waals surface area contributed by atoms with Gasteiger partial charge in [-0.15, -0.1) is 0 Å². The summed E-state index contributed by atoms with van der Waals surface area (Å²) in [7, 11) is 1.45. The molecule has 0 radical (unpaired) electrons. The number of aliphatic hydroxyl groups excluding tert-OH is 1. The van der Waals surface area contributed by atoms with E-state index in [4.69, 9.17) is 9.84 Å². The lowest BCUT2D eigenvalue weighted by atomic mass is 9.98. The van der Waals surface area contributed by atoms with Crippen LogP contribution in [-0.2, 0) is 16.1 Å². The first-order valence-corrected chi connectivity index (χ1v) is 10.7. The number of methoxy groups -OCH3 is 1. The van der Waals surface area contributed by atoms with Crippen LogP contribution in [0.1, 0.15) is 25.3 Å². The molecule has 3 rings (SSSR count). The fourth-order valence-electron chi connectivity index (χ4n) is 3.67. The number of benzene rings is 1. The maximum absolute atomic E-state index is 12.8. The third kappa shape index (κ3) is 5.40. The van der Waals surface area contributed by atoms with Crippen molar-refractivity contribution in [3.8, 4) is 11.4 Å². The van der Waals surface area contributed by atoms with Crippen LogP contribution in [0.5, 0.6) is 0 Å². The zero-order valence-corrected chi connectivity index (χ0v) is 18.5. The molecule has 1 aliphatic heterocycles. The monoisotopic (exact) mass is 445 g/mol. The molecule has 10 heteroatoms. The van der Waals surface area contributed by atoms with Crippen molar-refractivity contribution >= 4 is 11.5 Å². The van der Waals surface area contributed by atoms with Gasteiger partial charge >= 0.3 is 5.91 Å². The normalized spacial score (nSPS) is 14.7. The highest BCUT2D eigenvalue weighted by atomic mass is 16.6. The van der Waals surface area contributed by atoms with E-state index in [0.717, 1.165) is 16.7 Å². The molecule has 10 nitrogen and oxygen atoms in total. The largest absolute Gasteiger partial charge is 0.394 e. The van der Waals surface area contributed by atoms with Crippen molar-refractivity contribution in [3.05, 3.63) is 42.2 Å². The highest BCUT2D eigenvalue weighted by molar-refractivity contribution is 5.84. The minimum atomic E-state index is -2.61. The van der Waals surface area contributed by atoms with Crippen molar-refractivity contribution in [3.63, 3.8) is 0 Å². The summed E-state index contributed by atoms with van der Waals surface area (Å²) in [5.41, 5.74) is 2.99. The lowest BCUT2D eigenvalue weighted by Gasteiger charge is -2.37. The predicted molar refractivity (Wildman–Crippen MR) is 118 cm³/mol. The fraction of sp³-hybridized carbons (Fsp3) is 0.500. The van der Waals surface area contributed by atoms with E-state index < -0.39 is 11.8 Å². The number of carbonyl (C=O) groups is 1. The van der Waals surface area contributed by atoms with Crippen LogP contribution in [0.4, 0.5) is 0 Å². The Morgan fingerprint density at radius 2 is 1.97 bits per heavy atom. The molecular formula is C22H31N5O5. The minimum absolute atomic E-state index is 0.00606. The second-order valence-corrected chi connectivity index (χ2v) is 7.68. The number of amides is 1. The molecule has 0 bridgehead atoms. The van der Waals surface area contributed by atoms with Gasteiger partial charge in [-0.3, -0.25) is 9.48 Å². The Bertz CT molecular complexity index is 919. The van der Waals surface area contributed by atoms with Crippen LogP contribution in [0.3, 0.4) is 0 Å². The lowest BCUT2D eigenvalue weighted by Crippen LogP contribution is -2.61. The third-order valence-corrected chi connectivity index (χ3v) is 5.38. The number of hydrogen-bond acceptors (Lipinski definition) is 8. The molecule has 2 aromatic rings. The van der Waals surface area contributed by atoms with Gasteiger partial charge in [-0.2, -0.15) is 5.10 Å². The molecule has 3 N–H and O–H groups in total. The molecule has 0 fully saturated rings. The van der Waals surface area contributed by atoms with Crippen molar-refractivity contribution in [1.29, 1.82) is 0 Å². The second kappa shape index (κ2) is 10.8. The number of aromatic nitrogens is 3. The van der Waals surface area contributed by atoms with E-state index >= 15 is 0 Å². The van der Waals surface area contributed by atoms with Gasteiger partial charge in [0.15, 0.2) is 5.82 Å². The Balaban J connectivity index is 1.66. The van der Waals surface area contributed by atoms with Gasteiger partial charge in [0, 0.05) is 32.3 Å². The van der Waals surface area contributed by atoms with Gasteiger partial charge in [0.1, 0.15) is 13.1 Å². The van der Waals surface area contributed by atoms with Gasteiger partial charge in [-0.1, -0.05) is 37.3 Å². The van der Waals surface area contributed by atoms with Crippen LogP contribution in [0.15, 0.2) is 36.7 Å². The highest BCUT2D eigenvalue weighted by Crippen LogP contribution is 2.26. The average Bonchev–Trinajstić information content (AvgIpc) is 3.27. The van der Waals surface area contributed by atoms with Crippen molar-refractivity contribution in [2.24, 2.45) is 0 Å². The molecule has 0 aliphatic carbocycles. The average molecular weight is 446 g/mol. The van der Waals surface area contributed by atoms with Crippen LogP contribution in [-0.4, -0.2) is 91.8 Å². The maximum atomic E-state index is 12.8. The summed E-state index contributed by atoms with van der Waals surface area (Å²) in [5, 5.41) is 34.3. The number of ether oxygens (including phenoxy) is 1. The number of aliphatic hydroxyl groups is 3. The molecule has 1 aliphatic rings. The summed E-state index contributed by atoms with van der Waals surface area (Å²) in [5.74, 6) is -2.77. The first-order valence-electron chi connectivity index (χ1n) is 10.7. The predicted octanol–water partition coefficient (Wildman–Crippen LogP) is 0.507.